The highest BCUT2D eigenvalue weighted by atomic mass is 15.5. The van der Waals surface area contributed by atoms with Crippen LogP contribution >= 0.6 is 0 Å². The maximum atomic E-state index is 3.90. The number of tetrazole rings is 1. The summed E-state index contributed by atoms with van der Waals surface area (Å²) in [5.41, 5.74) is 1.38. The fourth-order valence-corrected chi connectivity index (χ4v) is 1.65. The lowest BCUT2D eigenvalue weighted by atomic mass is 10.1. The van der Waals surface area contributed by atoms with Crippen molar-refractivity contribution < 1.29 is 0 Å². The van der Waals surface area contributed by atoms with Gasteiger partial charge < -0.3 is 5.32 Å². The zero-order valence-electron chi connectivity index (χ0n) is 9.93. The quantitative estimate of drug-likeness (QED) is 0.786. The van der Waals surface area contributed by atoms with Crippen LogP contribution in [0.3, 0.4) is 0 Å². The molecule has 0 aliphatic carbocycles. The minimum Gasteiger partial charge on any atom is -0.307 e. The van der Waals surface area contributed by atoms with Gasteiger partial charge in [-0.25, -0.2) is 0 Å². The van der Waals surface area contributed by atoms with Gasteiger partial charge in [0.15, 0.2) is 5.82 Å². The topological polar surface area (TPSA) is 66.5 Å². The molecule has 5 nitrogen and oxygen atoms in total. The molecule has 0 fully saturated rings. The van der Waals surface area contributed by atoms with Crippen LogP contribution in [0.5, 0.6) is 0 Å². The molecule has 0 saturated heterocycles. The fraction of sp³-hybridized carbons (Fsp3) is 0.417. The van der Waals surface area contributed by atoms with Gasteiger partial charge in [0.1, 0.15) is 0 Å². The average Bonchev–Trinajstić information content (AvgIpc) is 2.88. The van der Waals surface area contributed by atoms with Crippen molar-refractivity contribution in [2.75, 3.05) is 0 Å². The third kappa shape index (κ3) is 3.96. The summed E-state index contributed by atoms with van der Waals surface area (Å²) in [5, 5.41) is 17.1. The minimum absolute atomic E-state index is 0.439. The molecule has 2 rings (SSSR count). The smallest absolute Gasteiger partial charge is 0.188 e. The molecule has 0 amide bonds. The summed E-state index contributed by atoms with van der Waals surface area (Å²) in [5.74, 6) is 0.705. The second-order valence-electron chi connectivity index (χ2n) is 4.13. The molecule has 0 saturated carbocycles. The van der Waals surface area contributed by atoms with Crippen molar-refractivity contribution >= 4 is 0 Å². The number of aromatic nitrogens is 4. The number of aromatic amines is 1. The highest BCUT2D eigenvalue weighted by molar-refractivity contribution is 5.14. The number of nitrogens with zero attached hydrogens (tertiary/aromatic N) is 3. The van der Waals surface area contributed by atoms with E-state index in [-0.39, 0.29) is 0 Å². The standard InChI is InChI=1S/C12H17N5/c1-10(13-9-12-14-16-17-15-12)7-8-11-5-3-2-4-6-11/h2-6,10,13H,7-9H2,1H3,(H,14,15,16,17). The summed E-state index contributed by atoms with van der Waals surface area (Å²) in [6.07, 6.45) is 2.18. The Hall–Kier alpha value is -1.75. The maximum absolute atomic E-state index is 3.90. The zero-order valence-corrected chi connectivity index (χ0v) is 9.93. The molecule has 0 bridgehead atoms. The minimum atomic E-state index is 0.439. The van der Waals surface area contributed by atoms with E-state index in [0.29, 0.717) is 18.4 Å². The van der Waals surface area contributed by atoms with E-state index in [0.717, 1.165) is 12.8 Å². The Morgan fingerprint density at radius 2 is 2.12 bits per heavy atom. The molecule has 5 heteroatoms. The van der Waals surface area contributed by atoms with Crippen LogP contribution in [-0.2, 0) is 13.0 Å². The number of hydrogen-bond donors (Lipinski definition) is 2. The molecule has 1 heterocycles. The summed E-state index contributed by atoms with van der Waals surface area (Å²) in [7, 11) is 0. The van der Waals surface area contributed by atoms with Crippen LogP contribution < -0.4 is 5.32 Å². The largest absolute Gasteiger partial charge is 0.307 e. The first-order chi connectivity index (χ1) is 8.34. The van der Waals surface area contributed by atoms with Gasteiger partial charge in [0, 0.05) is 6.04 Å². The van der Waals surface area contributed by atoms with E-state index < -0.39 is 0 Å². The summed E-state index contributed by atoms with van der Waals surface area (Å²) in [6.45, 7) is 2.83. The van der Waals surface area contributed by atoms with Gasteiger partial charge >= 0.3 is 0 Å². The summed E-state index contributed by atoms with van der Waals surface area (Å²) >= 11 is 0. The zero-order chi connectivity index (χ0) is 11.9. The highest BCUT2D eigenvalue weighted by Crippen LogP contribution is 2.04. The van der Waals surface area contributed by atoms with Crippen LogP contribution in [0.2, 0.25) is 0 Å². The Bertz CT molecular complexity index is 412. The molecule has 0 aliphatic rings. The molecule has 0 aliphatic heterocycles. The molecule has 2 N–H and O–H groups in total. The second kappa shape index (κ2) is 6.10. The van der Waals surface area contributed by atoms with Crippen molar-refractivity contribution in [3.8, 4) is 0 Å². The van der Waals surface area contributed by atoms with E-state index >= 15 is 0 Å². The van der Waals surface area contributed by atoms with Crippen LogP contribution in [0, 0.1) is 0 Å². The van der Waals surface area contributed by atoms with E-state index in [1.54, 1.807) is 0 Å². The normalized spacial score (nSPS) is 12.5. The van der Waals surface area contributed by atoms with Gasteiger partial charge in [0.05, 0.1) is 6.54 Å². The van der Waals surface area contributed by atoms with Gasteiger partial charge in [-0.1, -0.05) is 35.5 Å². The molecule has 0 spiro atoms. The second-order valence-corrected chi connectivity index (χ2v) is 4.13. The predicted octanol–water partition coefficient (Wildman–Crippen LogP) is 1.31. The van der Waals surface area contributed by atoms with Crippen molar-refractivity contribution in [1.82, 2.24) is 25.9 Å². The van der Waals surface area contributed by atoms with Crippen molar-refractivity contribution in [2.24, 2.45) is 0 Å². The lowest BCUT2D eigenvalue weighted by Crippen LogP contribution is -2.26. The first-order valence-corrected chi connectivity index (χ1v) is 5.84. The van der Waals surface area contributed by atoms with E-state index in [9.17, 15) is 0 Å². The Morgan fingerprint density at radius 3 is 2.82 bits per heavy atom. The van der Waals surface area contributed by atoms with Gasteiger partial charge in [-0.05, 0) is 25.3 Å². The molecule has 1 atom stereocenters. The van der Waals surface area contributed by atoms with Gasteiger partial charge in [0.25, 0.3) is 0 Å². The number of H-pyrrole nitrogens is 1. The van der Waals surface area contributed by atoms with Crippen molar-refractivity contribution in [3.05, 3.63) is 41.7 Å². The van der Waals surface area contributed by atoms with Crippen molar-refractivity contribution in [1.29, 1.82) is 0 Å². The van der Waals surface area contributed by atoms with E-state index in [2.05, 4.69) is 57.1 Å². The summed E-state index contributed by atoms with van der Waals surface area (Å²) in [4.78, 5) is 0. The molecular formula is C12H17N5. The predicted molar refractivity (Wildman–Crippen MR) is 65.2 cm³/mol. The van der Waals surface area contributed by atoms with Crippen LogP contribution in [0.4, 0.5) is 0 Å². The maximum Gasteiger partial charge on any atom is 0.188 e. The monoisotopic (exact) mass is 231 g/mol. The van der Waals surface area contributed by atoms with Crippen LogP contribution in [-0.4, -0.2) is 26.7 Å². The van der Waals surface area contributed by atoms with E-state index in [1.165, 1.54) is 5.56 Å². The van der Waals surface area contributed by atoms with Gasteiger partial charge in [-0.15, -0.1) is 10.2 Å². The average molecular weight is 231 g/mol. The van der Waals surface area contributed by atoms with Gasteiger partial charge in [0.2, 0.25) is 0 Å². The molecule has 17 heavy (non-hydrogen) atoms. The lowest BCUT2D eigenvalue weighted by molar-refractivity contribution is 0.505. The highest BCUT2D eigenvalue weighted by Gasteiger charge is 2.04. The molecular weight excluding hydrogens is 214 g/mol. The Morgan fingerprint density at radius 1 is 1.29 bits per heavy atom. The molecule has 90 valence electrons. The summed E-state index contributed by atoms with van der Waals surface area (Å²) in [6, 6.07) is 11.0. The number of nitrogens with one attached hydrogen (secondary N) is 2. The van der Waals surface area contributed by atoms with Crippen LogP contribution in [0.15, 0.2) is 30.3 Å². The Kier molecular flexibility index (Phi) is 4.21. The molecule has 1 aromatic heterocycles. The first kappa shape index (κ1) is 11.7. The Labute approximate surface area is 101 Å². The summed E-state index contributed by atoms with van der Waals surface area (Å²) < 4.78 is 0. The number of aryl methyl sites for hydroxylation is 1. The van der Waals surface area contributed by atoms with Gasteiger partial charge in [-0.2, -0.15) is 5.21 Å². The number of hydrogen-bond acceptors (Lipinski definition) is 4. The molecule has 2 aromatic rings. The fourth-order valence-electron chi connectivity index (χ4n) is 1.65. The van der Waals surface area contributed by atoms with Crippen molar-refractivity contribution in [2.45, 2.75) is 32.4 Å². The van der Waals surface area contributed by atoms with E-state index in [1.807, 2.05) is 6.07 Å². The molecule has 1 aromatic carbocycles. The van der Waals surface area contributed by atoms with E-state index in [4.69, 9.17) is 0 Å². The SMILES string of the molecule is CC(CCc1ccccc1)NCc1nn[nH]n1. The molecule has 1 unspecified atom stereocenters. The number of rotatable bonds is 6. The Balaban J connectivity index is 1.69. The lowest BCUT2D eigenvalue weighted by Gasteiger charge is -2.12. The third-order valence-electron chi connectivity index (χ3n) is 2.71. The van der Waals surface area contributed by atoms with Crippen LogP contribution in [0.1, 0.15) is 24.7 Å². The molecule has 0 radical (unpaired) electrons. The van der Waals surface area contributed by atoms with Gasteiger partial charge in [-0.3, -0.25) is 0 Å². The third-order valence-corrected chi connectivity index (χ3v) is 2.71. The first-order valence-electron chi connectivity index (χ1n) is 5.84. The number of benzene rings is 1. The van der Waals surface area contributed by atoms with Crippen molar-refractivity contribution in [3.63, 3.8) is 0 Å². The van der Waals surface area contributed by atoms with Crippen LogP contribution in [0.25, 0.3) is 0 Å².